The molecule has 1 heterocycles. The highest BCUT2D eigenvalue weighted by molar-refractivity contribution is 5.74. The molecule has 0 amide bonds. The molecule has 1 saturated heterocycles. The second-order valence-corrected chi connectivity index (χ2v) is 6.37. The summed E-state index contributed by atoms with van der Waals surface area (Å²) in [5.41, 5.74) is -0.502. The van der Waals surface area contributed by atoms with Gasteiger partial charge in [0, 0.05) is 13.1 Å². The van der Waals surface area contributed by atoms with E-state index in [-0.39, 0.29) is 0 Å². The first kappa shape index (κ1) is 12.9. The van der Waals surface area contributed by atoms with Crippen LogP contribution in [0.5, 0.6) is 0 Å². The van der Waals surface area contributed by atoms with E-state index in [4.69, 9.17) is 0 Å². The van der Waals surface area contributed by atoms with E-state index in [0.29, 0.717) is 0 Å². The summed E-state index contributed by atoms with van der Waals surface area (Å²) in [5, 5.41) is 9.22. The van der Waals surface area contributed by atoms with E-state index in [2.05, 4.69) is 11.8 Å². The summed E-state index contributed by atoms with van der Waals surface area (Å²) < 4.78 is 0. The van der Waals surface area contributed by atoms with Gasteiger partial charge in [-0.3, -0.25) is 4.79 Å². The molecule has 0 radical (unpaired) electrons. The molecule has 98 valence electrons. The third kappa shape index (κ3) is 2.82. The zero-order valence-corrected chi connectivity index (χ0v) is 11.1. The predicted octanol–water partition coefficient (Wildman–Crippen LogP) is 2.61. The van der Waals surface area contributed by atoms with Crippen LogP contribution >= 0.6 is 0 Å². The van der Waals surface area contributed by atoms with Crippen molar-refractivity contribution in [3.63, 3.8) is 0 Å². The third-order valence-electron chi connectivity index (χ3n) is 4.85. The van der Waals surface area contributed by atoms with Crippen LogP contribution in [0.25, 0.3) is 0 Å². The van der Waals surface area contributed by atoms with Gasteiger partial charge in [0.25, 0.3) is 0 Å². The number of carboxylic acids is 1. The van der Waals surface area contributed by atoms with Gasteiger partial charge in [-0.1, -0.05) is 26.2 Å². The summed E-state index contributed by atoms with van der Waals surface area (Å²) in [4.78, 5) is 13.6. The Labute approximate surface area is 104 Å². The van der Waals surface area contributed by atoms with Crippen molar-refractivity contribution in [2.24, 2.45) is 17.3 Å². The fourth-order valence-corrected chi connectivity index (χ4v) is 3.38. The molecule has 0 spiro atoms. The number of carbonyl (C=O) groups is 1. The number of nitrogens with zero attached hydrogens (tertiary/aromatic N) is 1. The number of hydrogen-bond acceptors (Lipinski definition) is 2. The fraction of sp³-hybridized carbons (Fsp3) is 0.929. The van der Waals surface area contributed by atoms with Crippen LogP contribution in [0.15, 0.2) is 0 Å². The van der Waals surface area contributed by atoms with Crippen molar-refractivity contribution in [2.75, 3.05) is 19.6 Å². The van der Waals surface area contributed by atoms with Crippen molar-refractivity contribution in [1.29, 1.82) is 0 Å². The van der Waals surface area contributed by atoms with Crippen LogP contribution in [-0.4, -0.2) is 35.6 Å². The van der Waals surface area contributed by atoms with Crippen molar-refractivity contribution in [1.82, 2.24) is 4.90 Å². The molecule has 1 saturated carbocycles. The Hall–Kier alpha value is -0.570. The van der Waals surface area contributed by atoms with E-state index in [1.165, 1.54) is 25.7 Å². The highest BCUT2D eigenvalue weighted by Crippen LogP contribution is 2.34. The van der Waals surface area contributed by atoms with Crippen LogP contribution in [0.3, 0.4) is 0 Å². The maximum Gasteiger partial charge on any atom is 0.310 e. The SMILES string of the molecule is CC1CCCCC1CN1CCC(C)(C(=O)O)C1. The van der Waals surface area contributed by atoms with Crippen LogP contribution in [0.1, 0.15) is 46.0 Å². The highest BCUT2D eigenvalue weighted by Gasteiger charge is 2.41. The Morgan fingerprint density at radius 3 is 2.71 bits per heavy atom. The quantitative estimate of drug-likeness (QED) is 0.823. The molecule has 0 aromatic rings. The normalized spacial score (nSPS) is 39.4. The molecule has 0 aromatic heterocycles. The molecule has 1 aliphatic carbocycles. The summed E-state index contributed by atoms with van der Waals surface area (Å²) in [6, 6.07) is 0. The Kier molecular flexibility index (Phi) is 3.76. The Morgan fingerprint density at radius 2 is 2.12 bits per heavy atom. The van der Waals surface area contributed by atoms with Gasteiger partial charge < -0.3 is 10.0 Å². The first-order chi connectivity index (χ1) is 8.01. The van der Waals surface area contributed by atoms with Gasteiger partial charge in [0.2, 0.25) is 0 Å². The lowest BCUT2D eigenvalue weighted by Gasteiger charge is -2.32. The molecule has 3 heteroatoms. The Bertz CT molecular complexity index is 292. The molecule has 3 nitrogen and oxygen atoms in total. The highest BCUT2D eigenvalue weighted by atomic mass is 16.4. The smallest absolute Gasteiger partial charge is 0.310 e. The minimum Gasteiger partial charge on any atom is -0.481 e. The molecule has 1 aliphatic heterocycles. The predicted molar refractivity (Wildman–Crippen MR) is 67.9 cm³/mol. The molecule has 2 fully saturated rings. The van der Waals surface area contributed by atoms with Crippen LogP contribution in [0.2, 0.25) is 0 Å². The largest absolute Gasteiger partial charge is 0.481 e. The van der Waals surface area contributed by atoms with Crippen molar-refractivity contribution in [2.45, 2.75) is 46.0 Å². The maximum atomic E-state index is 11.2. The van der Waals surface area contributed by atoms with Gasteiger partial charge in [-0.2, -0.15) is 0 Å². The van der Waals surface area contributed by atoms with Crippen molar-refractivity contribution in [3.8, 4) is 0 Å². The Morgan fingerprint density at radius 1 is 1.41 bits per heavy atom. The lowest BCUT2D eigenvalue weighted by Crippen LogP contribution is -2.36. The van der Waals surface area contributed by atoms with Gasteiger partial charge >= 0.3 is 5.97 Å². The van der Waals surface area contributed by atoms with Gasteiger partial charge in [0.15, 0.2) is 0 Å². The minimum absolute atomic E-state index is 0.502. The van der Waals surface area contributed by atoms with Gasteiger partial charge in [0.1, 0.15) is 0 Å². The number of likely N-dealkylation sites (tertiary alicyclic amines) is 1. The minimum atomic E-state index is -0.628. The third-order valence-corrected chi connectivity index (χ3v) is 4.85. The molecule has 1 N–H and O–H groups in total. The van der Waals surface area contributed by atoms with Crippen molar-refractivity contribution < 1.29 is 9.90 Å². The summed E-state index contributed by atoms with van der Waals surface area (Å²) in [5.74, 6) is 0.983. The lowest BCUT2D eigenvalue weighted by molar-refractivity contribution is -0.147. The number of rotatable bonds is 3. The first-order valence-corrected chi connectivity index (χ1v) is 6.97. The zero-order chi connectivity index (χ0) is 12.5. The zero-order valence-electron chi connectivity index (χ0n) is 11.1. The molecule has 2 rings (SSSR count). The molecule has 17 heavy (non-hydrogen) atoms. The fourth-order valence-electron chi connectivity index (χ4n) is 3.38. The van der Waals surface area contributed by atoms with Crippen molar-refractivity contribution >= 4 is 5.97 Å². The van der Waals surface area contributed by atoms with E-state index in [1.807, 2.05) is 6.92 Å². The Balaban J connectivity index is 1.87. The van der Waals surface area contributed by atoms with Crippen LogP contribution in [0, 0.1) is 17.3 Å². The van der Waals surface area contributed by atoms with Crippen molar-refractivity contribution in [3.05, 3.63) is 0 Å². The van der Waals surface area contributed by atoms with E-state index in [0.717, 1.165) is 37.9 Å². The van der Waals surface area contributed by atoms with Crippen LogP contribution in [-0.2, 0) is 4.79 Å². The summed E-state index contributed by atoms with van der Waals surface area (Å²) in [7, 11) is 0. The topological polar surface area (TPSA) is 40.5 Å². The molecular formula is C14H25NO2. The van der Waals surface area contributed by atoms with Crippen LogP contribution in [0.4, 0.5) is 0 Å². The number of aliphatic carboxylic acids is 1. The average molecular weight is 239 g/mol. The number of carboxylic acid groups (broad SMARTS) is 1. The average Bonchev–Trinajstić information content (AvgIpc) is 2.65. The summed E-state index contributed by atoms with van der Waals surface area (Å²) in [6.45, 7) is 7.07. The summed E-state index contributed by atoms with van der Waals surface area (Å²) >= 11 is 0. The second-order valence-electron chi connectivity index (χ2n) is 6.37. The van der Waals surface area contributed by atoms with Gasteiger partial charge in [-0.05, 0) is 38.1 Å². The second kappa shape index (κ2) is 4.97. The summed E-state index contributed by atoms with van der Waals surface area (Å²) in [6.07, 6.45) is 6.24. The molecule has 2 aliphatic rings. The van der Waals surface area contributed by atoms with Gasteiger partial charge in [-0.15, -0.1) is 0 Å². The van der Waals surface area contributed by atoms with E-state index >= 15 is 0 Å². The lowest BCUT2D eigenvalue weighted by atomic mass is 9.80. The maximum absolute atomic E-state index is 11.2. The monoisotopic (exact) mass is 239 g/mol. The molecule has 3 unspecified atom stereocenters. The molecular weight excluding hydrogens is 214 g/mol. The van der Waals surface area contributed by atoms with Gasteiger partial charge in [0.05, 0.1) is 5.41 Å². The molecule has 0 aromatic carbocycles. The van der Waals surface area contributed by atoms with E-state index in [1.54, 1.807) is 0 Å². The molecule has 3 atom stereocenters. The van der Waals surface area contributed by atoms with E-state index < -0.39 is 11.4 Å². The van der Waals surface area contributed by atoms with E-state index in [9.17, 15) is 9.90 Å². The van der Waals surface area contributed by atoms with Gasteiger partial charge in [-0.25, -0.2) is 0 Å². The molecule has 0 bridgehead atoms. The number of hydrogen-bond donors (Lipinski definition) is 1. The standard InChI is InChI=1S/C14H25NO2/c1-11-5-3-4-6-12(11)9-15-8-7-14(2,10-15)13(16)17/h11-12H,3-10H2,1-2H3,(H,16,17). The van der Waals surface area contributed by atoms with Crippen LogP contribution < -0.4 is 0 Å². The first-order valence-electron chi connectivity index (χ1n) is 6.97.